The topological polar surface area (TPSA) is 114 Å². The van der Waals surface area contributed by atoms with Crippen LogP contribution in [0.25, 0.3) is 0 Å². The number of carbonyl (C=O) groups is 1. The van der Waals surface area contributed by atoms with Crippen LogP contribution in [0.5, 0.6) is 0 Å². The SMILES string of the molecule is CC(C)CC(C)(CN)NC(=O)c1ccc(CNS(C)(=O)=O)o1. The number of nitrogens with two attached hydrogens (primary N) is 1. The molecule has 1 aromatic heterocycles. The first kappa shape index (κ1) is 18.7. The van der Waals surface area contributed by atoms with Crippen molar-refractivity contribution in [1.29, 1.82) is 0 Å². The van der Waals surface area contributed by atoms with Crippen molar-refractivity contribution >= 4 is 15.9 Å². The molecule has 0 saturated heterocycles. The fraction of sp³-hybridized carbons (Fsp3) is 0.643. The van der Waals surface area contributed by atoms with Crippen LogP contribution in [-0.4, -0.2) is 32.7 Å². The van der Waals surface area contributed by atoms with Crippen LogP contribution in [-0.2, 0) is 16.6 Å². The molecule has 0 aromatic carbocycles. The van der Waals surface area contributed by atoms with Crippen LogP contribution in [0.4, 0.5) is 0 Å². The van der Waals surface area contributed by atoms with Gasteiger partial charge in [-0.1, -0.05) is 13.8 Å². The Hall–Kier alpha value is -1.38. The number of sulfonamides is 1. The lowest BCUT2D eigenvalue weighted by Gasteiger charge is -2.30. The van der Waals surface area contributed by atoms with E-state index < -0.39 is 15.6 Å². The summed E-state index contributed by atoms with van der Waals surface area (Å²) in [6.45, 7) is 6.33. The average Bonchev–Trinajstić information content (AvgIpc) is 2.83. The minimum Gasteiger partial charge on any atom is -0.455 e. The standard InChI is InChI=1S/C14H25N3O4S/c1-10(2)7-14(3,9-15)17-13(18)12-6-5-11(21-12)8-16-22(4,19)20/h5-6,10,16H,7-9,15H2,1-4H3,(H,17,18). The molecule has 8 heteroatoms. The van der Waals surface area contributed by atoms with E-state index in [9.17, 15) is 13.2 Å². The van der Waals surface area contributed by atoms with Crippen molar-refractivity contribution in [2.75, 3.05) is 12.8 Å². The Balaban J connectivity index is 2.72. The predicted octanol–water partition coefficient (Wildman–Crippen LogP) is 0.822. The molecule has 0 radical (unpaired) electrons. The van der Waals surface area contributed by atoms with Crippen LogP contribution in [0.1, 0.15) is 43.5 Å². The van der Waals surface area contributed by atoms with E-state index in [-0.39, 0.29) is 18.2 Å². The van der Waals surface area contributed by atoms with Gasteiger partial charge in [-0.2, -0.15) is 0 Å². The Morgan fingerprint density at radius 3 is 2.55 bits per heavy atom. The third-order valence-corrected chi connectivity index (χ3v) is 3.79. The Kier molecular flexibility index (Phi) is 6.16. The minimum atomic E-state index is -3.31. The molecule has 1 amide bonds. The van der Waals surface area contributed by atoms with Crippen molar-refractivity contribution < 1.29 is 17.6 Å². The summed E-state index contributed by atoms with van der Waals surface area (Å²) in [6.07, 6.45) is 1.81. The second-order valence-corrected chi connectivity index (χ2v) is 8.01. The lowest BCUT2D eigenvalue weighted by Crippen LogP contribution is -2.52. The molecule has 0 fully saturated rings. The zero-order valence-electron chi connectivity index (χ0n) is 13.5. The number of furan rings is 1. The van der Waals surface area contributed by atoms with Crippen LogP contribution in [0.15, 0.2) is 16.5 Å². The zero-order valence-corrected chi connectivity index (χ0v) is 14.3. The maximum absolute atomic E-state index is 12.2. The summed E-state index contributed by atoms with van der Waals surface area (Å²) in [4.78, 5) is 12.2. The molecule has 0 spiro atoms. The Bertz CT molecular complexity index is 609. The largest absolute Gasteiger partial charge is 0.455 e. The summed E-state index contributed by atoms with van der Waals surface area (Å²) in [5, 5.41) is 2.88. The van der Waals surface area contributed by atoms with Gasteiger partial charge in [0.2, 0.25) is 10.0 Å². The van der Waals surface area contributed by atoms with E-state index in [0.717, 1.165) is 12.7 Å². The average molecular weight is 331 g/mol. The van der Waals surface area contributed by atoms with Gasteiger partial charge in [-0.3, -0.25) is 4.79 Å². The van der Waals surface area contributed by atoms with Gasteiger partial charge in [-0.05, 0) is 31.4 Å². The third kappa shape index (κ3) is 6.17. The first-order chi connectivity index (χ1) is 10.0. The molecular weight excluding hydrogens is 306 g/mol. The molecule has 22 heavy (non-hydrogen) atoms. The van der Waals surface area contributed by atoms with E-state index in [4.69, 9.17) is 10.2 Å². The van der Waals surface area contributed by atoms with Gasteiger partial charge in [0.25, 0.3) is 5.91 Å². The molecule has 1 heterocycles. The zero-order chi connectivity index (χ0) is 17.0. The van der Waals surface area contributed by atoms with Gasteiger partial charge < -0.3 is 15.5 Å². The fourth-order valence-electron chi connectivity index (χ4n) is 2.22. The molecule has 126 valence electrons. The van der Waals surface area contributed by atoms with E-state index >= 15 is 0 Å². The molecule has 4 N–H and O–H groups in total. The van der Waals surface area contributed by atoms with Gasteiger partial charge in [-0.15, -0.1) is 0 Å². The van der Waals surface area contributed by atoms with E-state index in [2.05, 4.69) is 23.9 Å². The van der Waals surface area contributed by atoms with Crippen LogP contribution >= 0.6 is 0 Å². The van der Waals surface area contributed by atoms with Gasteiger partial charge in [0, 0.05) is 6.54 Å². The summed E-state index contributed by atoms with van der Waals surface area (Å²) < 4.78 is 29.7. The van der Waals surface area contributed by atoms with Crippen molar-refractivity contribution in [1.82, 2.24) is 10.0 Å². The fourth-order valence-corrected chi connectivity index (χ4v) is 2.62. The van der Waals surface area contributed by atoms with E-state index in [0.29, 0.717) is 18.2 Å². The molecule has 0 saturated carbocycles. The van der Waals surface area contributed by atoms with Crippen molar-refractivity contribution in [2.24, 2.45) is 11.7 Å². The lowest BCUT2D eigenvalue weighted by atomic mass is 9.90. The number of amides is 1. The van der Waals surface area contributed by atoms with Gasteiger partial charge in [0.15, 0.2) is 5.76 Å². The highest BCUT2D eigenvalue weighted by atomic mass is 32.2. The monoisotopic (exact) mass is 331 g/mol. The van der Waals surface area contributed by atoms with Crippen LogP contribution < -0.4 is 15.8 Å². The van der Waals surface area contributed by atoms with Crippen molar-refractivity contribution in [2.45, 2.75) is 39.3 Å². The van der Waals surface area contributed by atoms with Crippen LogP contribution in [0.3, 0.4) is 0 Å². The highest BCUT2D eigenvalue weighted by Crippen LogP contribution is 2.17. The molecule has 7 nitrogen and oxygen atoms in total. The molecule has 0 aliphatic carbocycles. The summed E-state index contributed by atoms with van der Waals surface area (Å²) in [6, 6.07) is 3.08. The Labute approximate surface area is 131 Å². The van der Waals surface area contributed by atoms with Crippen LogP contribution in [0.2, 0.25) is 0 Å². The molecule has 1 atom stereocenters. The first-order valence-corrected chi connectivity index (χ1v) is 9.00. The molecule has 1 aromatic rings. The van der Waals surface area contributed by atoms with Crippen molar-refractivity contribution in [3.8, 4) is 0 Å². The quantitative estimate of drug-likeness (QED) is 0.652. The second-order valence-electron chi connectivity index (χ2n) is 6.18. The number of hydrogen-bond acceptors (Lipinski definition) is 5. The normalized spacial score (nSPS) is 14.8. The molecule has 1 unspecified atom stereocenters. The van der Waals surface area contributed by atoms with Crippen molar-refractivity contribution in [3.63, 3.8) is 0 Å². The van der Waals surface area contributed by atoms with Gasteiger partial charge >= 0.3 is 0 Å². The van der Waals surface area contributed by atoms with Gasteiger partial charge in [0.05, 0.1) is 18.3 Å². The smallest absolute Gasteiger partial charge is 0.287 e. The Morgan fingerprint density at radius 2 is 2.05 bits per heavy atom. The minimum absolute atomic E-state index is 0.00621. The molecule has 1 rings (SSSR count). The van der Waals surface area contributed by atoms with Gasteiger partial charge in [0.1, 0.15) is 5.76 Å². The highest BCUT2D eigenvalue weighted by molar-refractivity contribution is 7.88. The summed E-state index contributed by atoms with van der Waals surface area (Å²) >= 11 is 0. The first-order valence-electron chi connectivity index (χ1n) is 7.10. The Morgan fingerprint density at radius 1 is 1.41 bits per heavy atom. The number of carbonyl (C=O) groups excluding carboxylic acids is 1. The number of rotatable bonds is 8. The van der Waals surface area contributed by atoms with Crippen molar-refractivity contribution in [3.05, 3.63) is 23.7 Å². The number of nitrogens with one attached hydrogen (secondary N) is 2. The predicted molar refractivity (Wildman–Crippen MR) is 84.8 cm³/mol. The molecule has 0 bridgehead atoms. The summed E-state index contributed by atoms with van der Waals surface area (Å²) in [7, 11) is -3.31. The lowest BCUT2D eigenvalue weighted by molar-refractivity contribution is 0.0867. The van der Waals surface area contributed by atoms with Gasteiger partial charge in [-0.25, -0.2) is 13.1 Å². The maximum atomic E-state index is 12.2. The summed E-state index contributed by atoms with van der Waals surface area (Å²) in [5.41, 5.74) is 5.25. The highest BCUT2D eigenvalue weighted by Gasteiger charge is 2.27. The van der Waals surface area contributed by atoms with E-state index in [1.807, 2.05) is 6.92 Å². The maximum Gasteiger partial charge on any atom is 0.287 e. The van der Waals surface area contributed by atoms with E-state index in [1.165, 1.54) is 6.07 Å². The van der Waals surface area contributed by atoms with Crippen LogP contribution in [0, 0.1) is 5.92 Å². The number of hydrogen-bond donors (Lipinski definition) is 3. The molecule has 0 aliphatic heterocycles. The molecule has 0 aliphatic rings. The van der Waals surface area contributed by atoms with E-state index in [1.54, 1.807) is 6.07 Å². The molecular formula is C14H25N3O4S. The summed E-state index contributed by atoms with van der Waals surface area (Å²) in [5.74, 6) is 0.529. The second kappa shape index (κ2) is 7.26. The third-order valence-electron chi connectivity index (χ3n) is 3.12.